The van der Waals surface area contributed by atoms with Crippen LogP contribution in [0, 0.1) is 5.82 Å². The minimum atomic E-state index is -0.190. The second kappa shape index (κ2) is 6.41. The van der Waals surface area contributed by atoms with Gasteiger partial charge in [0, 0.05) is 25.2 Å². The van der Waals surface area contributed by atoms with E-state index in [2.05, 4.69) is 5.32 Å². The molecule has 0 atom stereocenters. The molecule has 2 aromatic rings. The molecule has 0 unspecified atom stereocenters. The molecule has 1 N–H and O–H groups in total. The van der Waals surface area contributed by atoms with Gasteiger partial charge in [-0.1, -0.05) is 12.1 Å². The molecule has 3 rings (SSSR count). The van der Waals surface area contributed by atoms with Crippen molar-refractivity contribution in [2.24, 2.45) is 0 Å². The number of nitrogens with one attached hydrogen (secondary N) is 1. The minimum absolute atomic E-state index is 0.0124. The molecular weight excluding hydrogens is 269 g/mol. The lowest BCUT2D eigenvalue weighted by molar-refractivity contribution is 0.0496. The Hall–Kier alpha value is -1.65. The van der Waals surface area contributed by atoms with Gasteiger partial charge in [0.05, 0.1) is 12.8 Å². The topological polar surface area (TPSA) is 34.4 Å². The fraction of sp³-hybridized carbons (Fsp3) is 0.412. The van der Waals surface area contributed by atoms with Crippen molar-refractivity contribution in [3.8, 4) is 0 Å². The molecule has 0 radical (unpaired) electrons. The maximum absolute atomic E-state index is 13.2. The highest BCUT2D eigenvalue weighted by Gasteiger charge is 2.34. The van der Waals surface area contributed by atoms with Gasteiger partial charge in [-0.2, -0.15) is 0 Å². The van der Waals surface area contributed by atoms with Gasteiger partial charge in [0.15, 0.2) is 0 Å². The van der Waals surface area contributed by atoms with E-state index in [-0.39, 0.29) is 11.2 Å². The molecule has 1 aliphatic heterocycles. The summed E-state index contributed by atoms with van der Waals surface area (Å²) in [6.07, 6.45) is 3.58. The number of ether oxygens (including phenoxy) is 1. The minimum Gasteiger partial charge on any atom is -0.468 e. The van der Waals surface area contributed by atoms with Gasteiger partial charge < -0.3 is 14.5 Å². The standard InChI is InChI=1S/C17H20FNO2/c18-15-5-3-14(4-6-15)17(7-10-20-11-8-17)13-19-12-16-2-1-9-21-16/h1-6,9,19H,7-8,10-13H2. The highest BCUT2D eigenvalue weighted by atomic mass is 19.1. The quantitative estimate of drug-likeness (QED) is 0.917. The van der Waals surface area contributed by atoms with E-state index in [0.29, 0.717) is 6.54 Å². The van der Waals surface area contributed by atoms with Crippen LogP contribution < -0.4 is 5.32 Å². The van der Waals surface area contributed by atoms with Crippen molar-refractivity contribution in [3.05, 3.63) is 59.8 Å². The largest absolute Gasteiger partial charge is 0.468 e. The molecule has 2 heterocycles. The summed E-state index contributed by atoms with van der Waals surface area (Å²) in [5.41, 5.74) is 1.19. The lowest BCUT2D eigenvalue weighted by Crippen LogP contribution is -2.42. The predicted octanol–water partition coefficient (Wildman–Crippen LogP) is 3.26. The van der Waals surface area contributed by atoms with Gasteiger partial charge in [-0.25, -0.2) is 4.39 Å². The molecule has 1 aromatic heterocycles. The predicted molar refractivity (Wildman–Crippen MR) is 78.5 cm³/mol. The van der Waals surface area contributed by atoms with Crippen LogP contribution in [0.5, 0.6) is 0 Å². The molecule has 21 heavy (non-hydrogen) atoms. The summed E-state index contributed by atoms with van der Waals surface area (Å²) in [6.45, 7) is 3.04. The van der Waals surface area contributed by atoms with Crippen LogP contribution >= 0.6 is 0 Å². The van der Waals surface area contributed by atoms with Crippen LogP contribution in [0.25, 0.3) is 0 Å². The number of benzene rings is 1. The molecule has 3 nitrogen and oxygen atoms in total. The summed E-state index contributed by atoms with van der Waals surface area (Å²) in [6, 6.07) is 10.7. The Labute approximate surface area is 124 Å². The van der Waals surface area contributed by atoms with Crippen molar-refractivity contribution in [1.29, 1.82) is 0 Å². The smallest absolute Gasteiger partial charge is 0.123 e. The lowest BCUT2D eigenvalue weighted by Gasteiger charge is -2.38. The maximum Gasteiger partial charge on any atom is 0.123 e. The van der Waals surface area contributed by atoms with Crippen LogP contribution in [0.2, 0.25) is 0 Å². The van der Waals surface area contributed by atoms with Crippen molar-refractivity contribution in [2.75, 3.05) is 19.8 Å². The molecule has 0 aliphatic carbocycles. The molecule has 112 valence electrons. The van der Waals surface area contributed by atoms with E-state index in [0.717, 1.165) is 38.4 Å². The Bertz CT molecular complexity index is 545. The molecule has 1 aromatic carbocycles. The second-order valence-electron chi connectivity index (χ2n) is 5.58. The fourth-order valence-electron chi connectivity index (χ4n) is 2.97. The second-order valence-corrected chi connectivity index (χ2v) is 5.58. The zero-order valence-electron chi connectivity index (χ0n) is 12.0. The van der Waals surface area contributed by atoms with Crippen LogP contribution in [-0.4, -0.2) is 19.8 Å². The summed E-state index contributed by atoms with van der Waals surface area (Å²) in [4.78, 5) is 0. The van der Waals surface area contributed by atoms with Crippen molar-refractivity contribution in [3.63, 3.8) is 0 Å². The molecule has 0 spiro atoms. The van der Waals surface area contributed by atoms with Crippen molar-refractivity contribution in [2.45, 2.75) is 24.8 Å². The normalized spacial score (nSPS) is 17.8. The molecule has 0 bridgehead atoms. The number of hydrogen-bond acceptors (Lipinski definition) is 3. The van der Waals surface area contributed by atoms with Crippen LogP contribution in [0.15, 0.2) is 47.1 Å². The Kier molecular flexibility index (Phi) is 4.36. The number of furan rings is 1. The summed E-state index contributed by atoms with van der Waals surface area (Å²) in [7, 11) is 0. The number of rotatable bonds is 5. The molecule has 1 aliphatic rings. The average Bonchev–Trinajstić information content (AvgIpc) is 3.02. The Morgan fingerprint density at radius 1 is 1.10 bits per heavy atom. The SMILES string of the molecule is Fc1ccc(C2(CNCc3ccco3)CCOCC2)cc1. The molecule has 1 saturated heterocycles. The van der Waals surface area contributed by atoms with Crippen LogP contribution in [0.3, 0.4) is 0 Å². The molecule has 0 saturated carbocycles. The zero-order chi connectivity index (χ0) is 14.5. The first-order valence-corrected chi connectivity index (χ1v) is 7.35. The van der Waals surface area contributed by atoms with Crippen LogP contribution in [-0.2, 0) is 16.7 Å². The van der Waals surface area contributed by atoms with Gasteiger partial charge in [0.2, 0.25) is 0 Å². The molecular formula is C17H20FNO2. The van der Waals surface area contributed by atoms with Crippen molar-refractivity contribution >= 4 is 0 Å². The number of hydrogen-bond donors (Lipinski definition) is 1. The Morgan fingerprint density at radius 2 is 1.86 bits per heavy atom. The zero-order valence-corrected chi connectivity index (χ0v) is 12.0. The Morgan fingerprint density at radius 3 is 2.52 bits per heavy atom. The average molecular weight is 289 g/mol. The van der Waals surface area contributed by atoms with Gasteiger partial charge >= 0.3 is 0 Å². The highest BCUT2D eigenvalue weighted by Crippen LogP contribution is 2.34. The Balaban J connectivity index is 1.71. The van der Waals surface area contributed by atoms with Gasteiger partial charge in [-0.15, -0.1) is 0 Å². The molecule has 0 amide bonds. The van der Waals surface area contributed by atoms with E-state index in [9.17, 15) is 4.39 Å². The first kappa shape index (κ1) is 14.3. The van der Waals surface area contributed by atoms with Crippen LogP contribution in [0.4, 0.5) is 4.39 Å². The van der Waals surface area contributed by atoms with E-state index in [1.807, 2.05) is 24.3 Å². The summed E-state index contributed by atoms with van der Waals surface area (Å²) >= 11 is 0. The monoisotopic (exact) mass is 289 g/mol. The van der Waals surface area contributed by atoms with E-state index < -0.39 is 0 Å². The highest BCUT2D eigenvalue weighted by molar-refractivity contribution is 5.27. The fourth-order valence-corrected chi connectivity index (χ4v) is 2.97. The third kappa shape index (κ3) is 3.34. The lowest BCUT2D eigenvalue weighted by atomic mass is 9.74. The van der Waals surface area contributed by atoms with Gasteiger partial charge in [0.1, 0.15) is 11.6 Å². The van der Waals surface area contributed by atoms with Crippen molar-refractivity contribution < 1.29 is 13.5 Å². The summed E-state index contributed by atoms with van der Waals surface area (Å²) in [5, 5.41) is 3.47. The first-order chi connectivity index (χ1) is 10.3. The summed E-state index contributed by atoms with van der Waals surface area (Å²) in [5.74, 6) is 0.737. The summed E-state index contributed by atoms with van der Waals surface area (Å²) < 4.78 is 24.0. The first-order valence-electron chi connectivity index (χ1n) is 7.35. The van der Waals surface area contributed by atoms with Gasteiger partial charge in [-0.05, 0) is 42.7 Å². The number of halogens is 1. The third-order valence-corrected chi connectivity index (χ3v) is 4.25. The van der Waals surface area contributed by atoms with E-state index in [4.69, 9.17) is 9.15 Å². The van der Waals surface area contributed by atoms with E-state index >= 15 is 0 Å². The van der Waals surface area contributed by atoms with Crippen molar-refractivity contribution in [1.82, 2.24) is 5.32 Å². The third-order valence-electron chi connectivity index (χ3n) is 4.25. The maximum atomic E-state index is 13.2. The molecule has 1 fully saturated rings. The molecule has 4 heteroatoms. The van der Waals surface area contributed by atoms with E-state index in [1.165, 1.54) is 5.56 Å². The van der Waals surface area contributed by atoms with Crippen LogP contribution in [0.1, 0.15) is 24.2 Å². The van der Waals surface area contributed by atoms with Gasteiger partial charge in [-0.3, -0.25) is 0 Å². The van der Waals surface area contributed by atoms with Gasteiger partial charge in [0.25, 0.3) is 0 Å². The van der Waals surface area contributed by atoms with E-state index in [1.54, 1.807) is 18.4 Å².